The van der Waals surface area contributed by atoms with E-state index >= 15 is 0 Å². The van der Waals surface area contributed by atoms with Crippen LogP contribution in [0.4, 0.5) is 0 Å². The van der Waals surface area contributed by atoms with E-state index in [4.69, 9.17) is 19.0 Å². The quantitative estimate of drug-likeness (QED) is 0.213. The summed E-state index contributed by atoms with van der Waals surface area (Å²) in [5.74, 6) is 0. The van der Waals surface area contributed by atoms with Crippen molar-refractivity contribution < 1.29 is 33.8 Å². The number of phosphoric ester groups is 1. The lowest BCUT2D eigenvalue weighted by molar-refractivity contribution is -0.0443. The largest absolute Gasteiger partial charge is 0.470 e. The van der Waals surface area contributed by atoms with Gasteiger partial charge in [0, 0.05) is 12.0 Å². The van der Waals surface area contributed by atoms with E-state index in [0.717, 1.165) is 5.56 Å². The highest BCUT2D eigenvalue weighted by molar-refractivity contribution is 7.46. The summed E-state index contributed by atoms with van der Waals surface area (Å²) < 4.78 is 23.2. The summed E-state index contributed by atoms with van der Waals surface area (Å²) in [7, 11) is -4.84. The van der Waals surface area contributed by atoms with Crippen molar-refractivity contribution in [2.24, 2.45) is 0 Å². The number of rotatable bonds is 8. The molecule has 6 N–H and O–H groups in total. The highest BCUT2D eigenvalue weighted by Gasteiger charge is 2.48. The molecule has 1 aliphatic rings. The molecule has 14 nitrogen and oxygen atoms in total. The minimum Gasteiger partial charge on any atom is -0.388 e. The lowest BCUT2D eigenvalue weighted by Gasteiger charge is -2.29. The molecule has 2 unspecified atom stereocenters. The molecular weight excluding hydrogens is 497 g/mol. The molecule has 15 heteroatoms. The number of aromatic amines is 2. The normalized spacial score (nSPS) is 22.7. The first-order valence-electron chi connectivity index (χ1n) is 10.9. The molecule has 1 fully saturated rings. The van der Waals surface area contributed by atoms with Gasteiger partial charge in [0.2, 0.25) is 0 Å². The molecule has 3 heterocycles. The summed E-state index contributed by atoms with van der Waals surface area (Å²) in [6.45, 7) is 2.67. The maximum absolute atomic E-state index is 12.8. The Labute approximate surface area is 203 Å². The fraction of sp³-hybridized carbons (Fsp3) is 0.429. The van der Waals surface area contributed by atoms with Crippen molar-refractivity contribution in [1.82, 2.24) is 25.0 Å². The highest BCUT2D eigenvalue weighted by Crippen LogP contribution is 2.45. The number of nitrogens with one attached hydrogen (secondary N) is 2. The van der Waals surface area contributed by atoms with Crippen molar-refractivity contribution in [1.29, 1.82) is 0 Å². The van der Waals surface area contributed by atoms with Crippen molar-refractivity contribution in [2.45, 2.75) is 56.8 Å². The van der Waals surface area contributed by atoms with Crippen LogP contribution in [-0.4, -0.2) is 68.9 Å². The molecule has 0 saturated carbocycles. The second kappa shape index (κ2) is 9.82. The second-order valence-corrected chi connectivity index (χ2v) is 10.3. The van der Waals surface area contributed by atoms with Crippen LogP contribution in [0.1, 0.15) is 37.6 Å². The van der Waals surface area contributed by atoms with Crippen LogP contribution in [0.25, 0.3) is 11.3 Å². The number of aromatic nitrogens is 5. The van der Waals surface area contributed by atoms with Gasteiger partial charge in [-0.2, -0.15) is 0 Å². The van der Waals surface area contributed by atoms with Crippen LogP contribution in [0.2, 0.25) is 0 Å². The Morgan fingerprint density at radius 1 is 1.14 bits per heavy atom. The first-order valence-corrected chi connectivity index (χ1v) is 12.4. The number of H-pyrrole nitrogens is 2. The monoisotopic (exact) mass is 523 g/mol. The zero-order chi connectivity index (χ0) is 26.3. The molecule has 0 spiro atoms. The first kappa shape index (κ1) is 26.1. The number of nitrogens with zero attached hydrogens (tertiary/aromatic N) is 3. The zero-order valence-corrected chi connectivity index (χ0v) is 20.2. The molecule has 0 aliphatic carbocycles. The summed E-state index contributed by atoms with van der Waals surface area (Å²) in [6, 6.07) is 9.23. The topological polar surface area (TPSA) is 213 Å². The molecule has 1 aliphatic heterocycles. The lowest BCUT2D eigenvalue weighted by atomic mass is 9.95. The molecule has 1 aromatic carbocycles. The fourth-order valence-corrected chi connectivity index (χ4v) is 4.97. The summed E-state index contributed by atoms with van der Waals surface area (Å²) in [5.41, 5.74) is -1.74. The summed E-state index contributed by atoms with van der Waals surface area (Å²) in [6.07, 6.45) is -4.19. The van der Waals surface area contributed by atoms with E-state index in [1.165, 1.54) is 18.5 Å². The van der Waals surface area contributed by atoms with E-state index in [-0.39, 0.29) is 24.2 Å². The van der Waals surface area contributed by atoms with E-state index < -0.39 is 49.1 Å². The Kier molecular flexibility index (Phi) is 7.12. The van der Waals surface area contributed by atoms with Crippen molar-refractivity contribution in [3.63, 3.8) is 0 Å². The molecule has 36 heavy (non-hydrogen) atoms. The van der Waals surface area contributed by atoms with Crippen LogP contribution < -0.4 is 11.2 Å². The molecule has 0 amide bonds. The van der Waals surface area contributed by atoms with E-state index in [1.807, 2.05) is 30.3 Å². The standard InChI is InChI=1S/C21H26N5O9P/c1-21(2,35-36(31,32)33)8-14-16(27)17(28)18(34-14)15-13(22-20(30)23-19(15)29)10-26-9-12(24-25-26)11-6-4-3-5-7-11/h3-7,9,14,16-18,27-28H,8,10H2,1-2H3,(H2,31,32,33)(H2,22,23,29,30)/t14-,16?,17?,18+/m1/s1. The van der Waals surface area contributed by atoms with Crippen molar-refractivity contribution in [2.75, 3.05) is 0 Å². The number of aliphatic hydroxyl groups is 2. The van der Waals surface area contributed by atoms with Gasteiger partial charge >= 0.3 is 13.5 Å². The number of ether oxygens (including phenoxy) is 1. The number of aliphatic hydroxyl groups excluding tert-OH is 2. The predicted molar refractivity (Wildman–Crippen MR) is 124 cm³/mol. The minimum absolute atomic E-state index is 0.0795. The number of phosphoric acid groups is 1. The van der Waals surface area contributed by atoms with E-state index in [9.17, 15) is 24.4 Å². The summed E-state index contributed by atoms with van der Waals surface area (Å²) in [4.78, 5) is 47.7. The maximum atomic E-state index is 12.8. The van der Waals surface area contributed by atoms with E-state index in [1.54, 1.807) is 6.20 Å². The Morgan fingerprint density at radius 2 is 1.83 bits per heavy atom. The van der Waals surface area contributed by atoms with Crippen LogP contribution in [0.15, 0.2) is 46.1 Å². The average Bonchev–Trinajstić information content (AvgIpc) is 3.33. The van der Waals surface area contributed by atoms with Crippen molar-refractivity contribution in [3.05, 3.63) is 68.6 Å². The molecule has 194 valence electrons. The van der Waals surface area contributed by atoms with Crippen LogP contribution in [0.3, 0.4) is 0 Å². The van der Waals surface area contributed by atoms with Crippen LogP contribution in [-0.2, 0) is 20.4 Å². The molecular formula is C21H26N5O9P. The van der Waals surface area contributed by atoms with Gasteiger partial charge in [0.25, 0.3) is 5.56 Å². The van der Waals surface area contributed by atoms with Gasteiger partial charge in [0.05, 0.1) is 35.7 Å². The van der Waals surface area contributed by atoms with Crippen LogP contribution in [0.5, 0.6) is 0 Å². The molecule has 4 atom stereocenters. The van der Waals surface area contributed by atoms with Crippen LogP contribution >= 0.6 is 7.82 Å². The van der Waals surface area contributed by atoms with Gasteiger partial charge in [0.15, 0.2) is 0 Å². The summed E-state index contributed by atoms with van der Waals surface area (Å²) >= 11 is 0. The first-order chi connectivity index (χ1) is 16.8. The van der Waals surface area contributed by atoms with Gasteiger partial charge in [0.1, 0.15) is 24.0 Å². The average molecular weight is 523 g/mol. The molecule has 4 rings (SSSR count). The SMILES string of the molecule is CC(C)(C[C@H]1O[C@@H](c2c(Cn3cc(-c4ccccc4)nn3)[nH]c(=O)[nH]c2=O)C(O)C1O)OP(=O)(O)O. The van der Waals surface area contributed by atoms with Gasteiger partial charge < -0.3 is 29.7 Å². The Morgan fingerprint density at radius 3 is 2.50 bits per heavy atom. The molecule has 2 aromatic heterocycles. The third-order valence-electron chi connectivity index (χ3n) is 5.70. The van der Waals surface area contributed by atoms with Gasteiger partial charge in [-0.05, 0) is 13.8 Å². The van der Waals surface area contributed by atoms with Gasteiger partial charge in [-0.15, -0.1) is 5.10 Å². The van der Waals surface area contributed by atoms with Gasteiger partial charge in [-0.3, -0.25) is 14.3 Å². The third kappa shape index (κ3) is 5.87. The van der Waals surface area contributed by atoms with Gasteiger partial charge in [-0.25, -0.2) is 14.0 Å². The molecule has 1 saturated heterocycles. The number of benzene rings is 1. The third-order valence-corrected chi connectivity index (χ3v) is 6.43. The molecule has 0 bridgehead atoms. The number of hydrogen-bond acceptors (Lipinski definition) is 9. The fourth-order valence-electron chi connectivity index (χ4n) is 4.25. The van der Waals surface area contributed by atoms with E-state index in [2.05, 4.69) is 20.3 Å². The van der Waals surface area contributed by atoms with Crippen molar-refractivity contribution in [3.8, 4) is 11.3 Å². The Bertz CT molecular complexity index is 1380. The smallest absolute Gasteiger partial charge is 0.388 e. The minimum atomic E-state index is -4.84. The lowest BCUT2D eigenvalue weighted by Crippen LogP contribution is -2.37. The second-order valence-electron chi connectivity index (χ2n) is 9.09. The van der Waals surface area contributed by atoms with Crippen LogP contribution in [0, 0.1) is 0 Å². The van der Waals surface area contributed by atoms with Gasteiger partial charge in [-0.1, -0.05) is 35.5 Å². The van der Waals surface area contributed by atoms with Crippen molar-refractivity contribution >= 4 is 7.82 Å². The Balaban J connectivity index is 1.62. The molecule has 0 radical (unpaired) electrons. The van der Waals surface area contributed by atoms with E-state index in [0.29, 0.717) is 5.69 Å². The molecule has 3 aromatic rings. The Hall–Kier alpha value is -2.97. The highest BCUT2D eigenvalue weighted by atomic mass is 31.2. The maximum Gasteiger partial charge on any atom is 0.470 e. The number of hydrogen-bond donors (Lipinski definition) is 6. The zero-order valence-electron chi connectivity index (χ0n) is 19.3. The summed E-state index contributed by atoms with van der Waals surface area (Å²) in [5, 5.41) is 29.4. The predicted octanol–water partition coefficient (Wildman–Crippen LogP) is -0.190.